The average molecular weight is 205 g/mol. The van der Waals surface area contributed by atoms with E-state index in [2.05, 4.69) is 4.98 Å². The van der Waals surface area contributed by atoms with Crippen LogP contribution in [0.5, 0.6) is 5.75 Å². The molecule has 1 amide bonds. The topological polar surface area (TPSA) is 77.2 Å². The number of hydrogen-bond donors (Lipinski definition) is 1. The molecule has 0 saturated carbocycles. The van der Waals surface area contributed by atoms with Gasteiger partial charge in [0.2, 0.25) is 0 Å². The van der Waals surface area contributed by atoms with Crippen LogP contribution in [0.2, 0.25) is 0 Å². The van der Waals surface area contributed by atoms with Gasteiger partial charge in [0.05, 0.1) is 17.8 Å². The third kappa shape index (κ3) is 2.44. The summed E-state index contributed by atoms with van der Waals surface area (Å²) in [6.45, 7) is 2.21. The monoisotopic (exact) mass is 205 g/mol. The first-order chi connectivity index (χ1) is 7.20. The second kappa shape index (κ2) is 4.96. The highest BCUT2D eigenvalue weighted by Gasteiger charge is 2.16. The number of carbonyl (C=O) groups excluding carboxylic acids is 1. The predicted octanol–water partition coefficient (Wildman–Crippen LogP) is 0.773. The Morgan fingerprint density at radius 1 is 1.73 bits per heavy atom. The van der Waals surface area contributed by atoms with Crippen molar-refractivity contribution in [3.63, 3.8) is 0 Å². The summed E-state index contributed by atoms with van der Waals surface area (Å²) in [5, 5.41) is 17.9. The van der Waals surface area contributed by atoms with Crippen LogP contribution < -0.4 is 0 Å². The quantitative estimate of drug-likeness (QED) is 0.739. The van der Waals surface area contributed by atoms with Gasteiger partial charge in [-0.25, -0.2) is 0 Å². The molecule has 1 aromatic rings. The molecule has 0 bridgehead atoms. The number of hydrogen-bond acceptors (Lipinski definition) is 4. The Hall–Kier alpha value is -2.09. The van der Waals surface area contributed by atoms with Crippen molar-refractivity contribution in [1.82, 2.24) is 9.88 Å². The van der Waals surface area contributed by atoms with Gasteiger partial charge in [-0.05, 0) is 13.0 Å². The Bertz CT molecular complexity index is 398. The van der Waals surface area contributed by atoms with E-state index in [1.165, 1.54) is 23.4 Å². The molecule has 0 aliphatic heterocycles. The molecule has 0 saturated heterocycles. The van der Waals surface area contributed by atoms with Crippen molar-refractivity contribution in [1.29, 1.82) is 5.26 Å². The van der Waals surface area contributed by atoms with Crippen molar-refractivity contribution < 1.29 is 9.90 Å². The minimum atomic E-state index is -0.362. The normalized spacial score (nSPS) is 9.33. The third-order valence-electron chi connectivity index (χ3n) is 1.96. The molecule has 0 aromatic carbocycles. The summed E-state index contributed by atoms with van der Waals surface area (Å²) in [6.07, 6.45) is 2.63. The Morgan fingerprint density at radius 2 is 2.47 bits per heavy atom. The number of aromatic nitrogens is 1. The Labute approximate surface area is 87.6 Å². The van der Waals surface area contributed by atoms with Crippen LogP contribution in [0.4, 0.5) is 0 Å². The van der Waals surface area contributed by atoms with Gasteiger partial charge in [0.15, 0.2) is 0 Å². The smallest absolute Gasteiger partial charge is 0.258 e. The van der Waals surface area contributed by atoms with Crippen molar-refractivity contribution in [3.8, 4) is 11.8 Å². The van der Waals surface area contributed by atoms with Gasteiger partial charge in [-0.2, -0.15) is 5.26 Å². The van der Waals surface area contributed by atoms with E-state index in [1.54, 1.807) is 6.92 Å². The zero-order chi connectivity index (χ0) is 11.3. The maximum absolute atomic E-state index is 11.8. The molecule has 0 atom stereocenters. The fourth-order valence-electron chi connectivity index (χ4n) is 1.15. The van der Waals surface area contributed by atoms with Gasteiger partial charge < -0.3 is 10.0 Å². The van der Waals surface area contributed by atoms with Gasteiger partial charge in [-0.3, -0.25) is 9.78 Å². The SMILES string of the molecule is CCN(CC#N)C(=O)c1ccncc1O. The summed E-state index contributed by atoms with van der Waals surface area (Å²) >= 11 is 0. The standard InChI is InChI=1S/C10H11N3O2/c1-2-13(6-4-11)10(15)8-3-5-12-7-9(8)14/h3,5,7,14H,2,6H2,1H3. The lowest BCUT2D eigenvalue weighted by Gasteiger charge is -2.17. The van der Waals surface area contributed by atoms with E-state index < -0.39 is 0 Å². The number of pyridine rings is 1. The summed E-state index contributed by atoms with van der Waals surface area (Å²) < 4.78 is 0. The molecule has 1 rings (SSSR count). The van der Waals surface area contributed by atoms with E-state index in [-0.39, 0.29) is 23.8 Å². The molecule has 0 spiro atoms. The highest BCUT2D eigenvalue weighted by molar-refractivity contribution is 5.96. The van der Waals surface area contributed by atoms with Crippen molar-refractivity contribution in [2.45, 2.75) is 6.92 Å². The van der Waals surface area contributed by atoms with Crippen LogP contribution >= 0.6 is 0 Å². The van der Waals surface area contributed by atoms with Crippen molar-refractivity contribution in [3.05, 3.63) is 24.0 Å². The molecule has 1 N–H and O–H groups in total. The Kier molecular flexibility index (Phi) is 3.63. The fourth-order valence-corrected chi connectivity index (χ4v) is 1.15. The number of rotatable bonds is 3. The van der Waals surface area contributed by atoms with E-state index in [0.717, 1.165) is 0 Å². The molecular weight excluding hydrogens is 194 g/mol. The molecule has 5 heteroatoms. The lowest BCUT2D eigenvalue weighted by atomic mass is 10.2. The summed E-state index contributed by atoms with van der Waals surface area (Å²) in [4.78, 5) is 16.8. The van der Waals surface area contributed by atoms with E-state index in [4.69, 9.17) is 5.26 Å². The summed E-state index contributed by atoms with van der Waals surface area (Å²) in [5.74, 6) is -0.530. The van der Waals surface area contributed by atoms with Crippen molar-refractivity contribution in [2.75, 3.05) is 13.1 Å². The number of carbonyl (C=O) groups is 1. The van der Waals surface area contributed by atoms with E-state index in [0.29, 0.717) is 6.54 Å². The molecule has 0 fully saturated rings. The first kappa shape index (κ1) is 11.0. The first-order valence-electron chi connectivity index (χ1n) is 4.50. The maximum Gasteiger partial charge on any atom is 0.258 e. The lowest BCUT2D eigenvalue weighted by molar-refractivity contribution is 0.0781. The molecule has 0 aliphatic carbocycles. The van der Waals surface area contributed by atoms with Gasteiger partial charge in [0.25, 0.3) is 5.91 Å². The third-order valence-corrected chi connectivity index (χ3v) is 1.96. The van der Waals surface area contributed by atoms with Crippen molar-refractivity contribution in [2.24, 2.45) is 0 Å². The number of aromatic hydroxyl groups is 1. The Morgan fingerprint density at radius 3 is 3.00 bits per heavy atom. The second-order valence-electron chi connectivity index (χ2n) is 2.87. The van der Waals surface area contributed by atoms with Gasteiger partial charge in [0, 0.05) is 12.7 Å². The van der Waals surface area contributed by atoms with Crippen LogP contribution in [0.1, 0.15) is 17.3 Å². The van der Waals surface area contributed by atoms with Crippen LogP contribution in [0.3, 0.4) is 0 Å². The van der Waals surface area contributed by atoms with E-state index in [9.17, 15) is 9.90 Å². The summed E-state index contributed by atoms with van der Waals surface area (Å²) in [6, 6.07) is 3.32. The van der Waals surface area contributed by atoms with Gasteiger partial charge >= 0.3 is 0 Å². The maximum atomic E-state index is 11.8. The lowest BCUT2D eigenvalue weighted by Crippen LogP contribution is -2.31. The minimum Gasteiger partial charge on any atom is -0.505 e. The van der Waals surface area contributed by atoms with Gasteiger partial charge in [-0.1, -0.05) is 0 Å². The molecule has 5 nitrogen and oxygen atoms in total. The molecule has 1 aromatic heterocycles. The first-order valence-corrected chi connectivity index (χ1v) is 4.50. The van der Waals surface area contributed by atoms with Crippen LogP contribution in [0, 0.1) is 11.3 Å². The number of nitrogens with zero attached hydrogens (tertiary/aromatic N) is 3. The minimum absolute atomic E-state index is 0.0110. The van der Waals surface area contributed by atoms with Crippen LogP contribution in [0.15, 0.2) is 18.5 Å². The molecule has 15 heavy (non-hydrogen) atoms. The average Bonchev–Trinajstić information content (AvgIpc) is 2.25. The molecule has 1 heterocycles. The summed E-state index contributed by atoms with van der Waals surface area (Å²) in [5.41, 5.74) is 0.169. The van der Waals surface area contributed by atoms with Crippen LogP contribution in [-0.2, 0) is 0 Å². The van der Waals surface area contributed by atoms with Crippen molar-refractivity contribution >= 4 is 5.91 Å². The summed E-state index contributed by atoms with van der Waals surface area (Å²) in [7, 11) is 0. The highest BCUT2D eigenvalue weighted by atomic mass is 16.3. The molecule has 78 valence electrons. The van der Waals surface area contributed by atoms with E-state index in [1.807, 2.05) is 6.07 Å². The van der Waals surface area contributed by atoms with Crippen LogP contribution in [0.25, 0.3) is 0 Å². The van der Waals surface area contributed by atoms with Gasteiger partial charge in [0.1, 0.15) is 12.3 Å². The fraction of sp³-hybridized carbons (Fsp3) is 0.300. The zero-order valence-corrected chi connectivity index (χ0v) is 8.34. The Balaban J connectivity index is 2.94. The highest BCUT2D eigenvalue weighted by Crippen LogP contribution is 2.15. The number of nitriles is 1. The molecule has 0 unspecified atom stereocenters. The second-order valence-corrected chi connectivity index (χ2v) is 2.87. The van der Waals surface area contributed by atoms with Crippen LogP contribution in [-0.4, -0.2) is 34.0 Å². The number of amides is 1. The molecular formula is C10H11N3O2. The largest absolute Gasteiger partial charge is 0.505 e. The predicted molar refractivity (Wildman–Crippen MR) is 53.1 cm³/mol. The van der Waals surface area contributed by atoms with E-state index >= 15 is 0 Å². The van der Waals surface area contributed by atoms with Gasteiger partial charge in [-0.15, -0.1) is 0 Å². The zero-order valence-electron chi connectivity index (χ0n) is 8.34. The molecule has 0 radical (unpaired) electrons. The molecule has 0 aliphatic rings.